The number of aryl methyl sites for hydroxylation is 3. The van der Waals surface area contributed by atoms with Crippen LogP contribution in [0.2, 0.25) is 0 Å². The fourth-order valence-electron chi connectivity index (χ4n) is 4.33. The zero-order chi connectivity index (χ0) is 23.8. The zero-order valence-corrected chi connectivity index (χ0v) is 21.3. The summed E-state index contributed by atoms with van der Waals surface area (Å²) in [6.45, 7) is 10.3. The summed E-state index contributed by atoms with van der Waals surface area (Å²) in [5, 5.41) is 0. The van der Waals surface area contributed by atoms with Crippen LogP contribution in [0.15, 0.2) is 46.3 Å². The highest BCUT2D eigenvalue weighted by Gasteiger charge is 2.28. The minimum atomic E-state index is -3.54. The summed E-state index contributed by atoms with van der Waals surface area (Å²) in [4.78, 5) is 18.3. The molecule has 1 aliphatic heterocycles. The van der Waals surface area contributed by atoms with Gasteiger partial charge in [-0.2, -0.15) is 9.30 Å². The van der Waals surface area contributed by atoms with Gasteiger partial charge in [0.1, 0.15) is 0 Å². The second-order valence-electron chi connectivity index (χ2n) is 8.99. The number of nitrogens with zero attached hydrogens (tertiary/aromatic N) is 3. The summed E-state index contributed by atoms with van der Waals surface area (Å²) < 4.78 is 30.7. The van der Waals surface area contributed by atoms with Crippen molar-refractivity contribution in [2.75, 3.05) is 13.1 Å². The number of hydrogen-bond acceptors (Lipinski definition) is 4. The van der Waals surface area contributed by atoms with Crippen molar-refractivity contribution < 1.29 is 13.2 Å². The largest absolute Gasteiger partial charge is 0.316 e. The standard InChI is InChI=1S/C25H31N3O3S2/c1-5-12-28-22-16-18(3)15-19(4)23(22)32-25(28)26-24(29)20-6-8-21(9-7-20)33(30,31)27-13-10-17(2)11-14-27/h6-9,15-17H,5,10-14H2,1-4H3. The first-order valence-electron chi connectivity index (χ1n) is 11.5. The average molecular weight is 486 g/mol. The topological polar surface area (TPSA) is 71.7 Å². The molecule has 0 saturated carbocycles. The van der Waals surface area contributed by atoms with Gasteiger partial charge in [-0.05, 0) is 80.5 Å². The average Bonchev–Trinajstić information content (AvgIpc) is 3.12. The first-order valence-corrected chi connectivity index (χ1v) is 13.8. The molecule has 0 spiro atoms. The number of piperidine rings is 1. The Morgan fingerprint density at radius 3 is 2.42 bits per heavy atom. The Kier molecular flexibility index (Phi) is 6.88. The summed E-state index contributed by atoms with van der Waals surface area (Å²) in [6, 6.07) is 10.5. The van der Waals surface area contributed by atoms with E-state index >= 15 is 0 Å². The van der Waals surface area contributed by atoms with E-state index in [1.54, 1.807) is 16.4 Å². The Labute approximate surface area is 199 Å². The monoisotopic (exact) mass is 485 g/mol. The van der Waals surface area contributed by atoms with Crippen LogP contribution >= 0.6 is 11.3 Å². The van der Waals surface area contributed by atoms with Crippen molar-refractivity contribution in [3.63, 3.8) is 0 Å². The second kappa shape index (κ2) is 9.52. The van der Waals surface area contributed by atoms with Crippen LogP contribution in [0.4, 0.5) is 0 Å². The number of aromatic nitrogens is 1. The van der Waals surface area contributed by atoms with Crippen molar-refractivity contribution in [3.8, 4) is 0 Å². The van der Waals surface area contributed by atoms with Gasteiger partial charge in [-0.25, -0.2) is 8.42 Å². The van der Waals surface area contributed by atoms with Crippen molar-refractivity contribution in [2.24, 2.45) is 10.9 Å². The highest BCUT2D eigenvalue weighted by Crippen LogP contribution is 2.25. The molecule has 176 valence electrons. The molecule has 0 atom stereocenters. The Morgan fingerprint density at radius 1 is 1.12 bits per heavy atom. The van der Waals surface area contributed by atoms with E-state index in [4.69, 9.17) is 0 Å². The molecule has 0 bridgehead atoms. The molecule has 1 saturated heterocycles. The number of rotatable bonds is 5. The number of thiazole rings is 1. The molecule has 3 aromatic rings. The van der Waals surface area contributed by atoms with Gasteiger partial charge in [0, 0.05) is 25.2 Å². The SMILES string of the molecule is CCCn1c(=NC(=O)c2ccc(S(=O)(=O)N3CCC(C)CC3)cc2)sc2c(C)cc(C)cc21. The van der Waals surface area contributed by atoms with E-state index in [1.807, 2.05) is 0 Å². The summed E-state index contributed by atoms with van der Waals surface area (Å²) in [6.07, 6.45) is 2.68. The quantitative estimate of drug-likeness (QED) is 0.516. The van der Waals surface area contributed by atoms with Crippen LogP contribution < -0.4 is 4.80 Å². The van der Waals surface area contributed by atoms with Crippen molar-refractivity contribution in [2.45, 2.75) is 58.4 Å². The van der Waals surface area contributed by atoms with Crippen LogP contribution in [-0.4, -0.2) is 36.3 Å². The van der Waals surface area contributed by atoms with E-state index in [-0.39, 0.29) is 10.8 Å². The predicted octanol–water partition coefficient (Wildman–Crippen LogP) is 4.89. The van der Waals surface area contributed by atoms with Crippen LogP contribution in [0.3, 0.4) is 0 Å². The van der Waals surface area contributed by atoms with E-state index in [1.165, 1.54) is 34.6 Å². The molecule has 4 rings (SSSR count). The summed E-state index contributed by atoms with van der Waals surface area (Å²) in [5.41, 5.74) is 3.84. The lowest BCUT2D eigenvalue weighted by Crippen LogP contribution is -2.37. The fourth-order valence-corrected chi connectivity index (χ4v) is 6.91. The lowest BCUT2D eigenvalue weighted by atomic mass is 10.0. The van der Waals surface area contributed by atoms with Gasteiger partial charge in [0.05, 0.1) is 15.1 Å². The molecule has 0 radical (unpaired) electrons. The lowest BCUT2D eigenvalue weighted by molar-refractivity contribution is 0.0997. The molecule has 2 aromatic carbocycles. The van der Waals surface area contributed by atoms with Gasteiger partial charge in [0.2, 0.25) is 10.0 Å². The van der Waals surface area contributed by atoms with Gasteiger partial charge in [0.15, 0.2) is 4.80 Å². The smallest absolute Gasteiger partial charge is 0.279 e. The van der Waals surface area contributed by atoms with Gasteiger partial charge in [0.25, 0.3) is 5.91 Å². The molecule has 1 aliphatic rings. The summed E-state index contributed by atoms with van der Waals surface area (Å²) in [5.74, 6) is 0.187. The van der Waals surface area contributed by atoms with Crippen molar-refractivity contribution in [1.82, 2.24) is 8.87 Å². The molecule has 6 nitrogen and oxygen atoms in total. The highest BCUT2D eigenvalue weighted by molar-refractivity contribution is 7.89. The molecule has 1 amide bonds. The van der Waals surface area contributed by atoms with Crippen LogP contribution in [0, 0.1) is 19.8 Å². The lowest BCUT2D eigenvalue weighted by Gasteiger charge is -2.29. The Bertz CT molecular complexity index is 1340. The molecule has 0 N–H and O–H groups in total. The molecule has 2 heterocycles. The summed E-state index contributed by atoms with van der Waals surface area (Å²) >= 11 is 1.52. The fraction of sp³-hybridized carbons (Fsp3) is 0.440. The first kappa shape index (κ1) is 23.9. The molecule has 33 heavy (non-hydrogen) atoms. The van der Waals surface area contributed by atoms with Crippen LogP contribution in [0.1, 0.15) is 54.6 Å². The Hall–Kier alpha value is -2.29. The number of hydrogen-bond donors (Lipinski definition) is 0. The second-order valence-corrected chi connectivity index (χ2v) is 11.9. The third kappa shape index (κ3) is 4.83. The number of benzene rings is 2. The van der Waals surface area contributed by atoms with Gasteiger partial charge in [-0.3, -0.25) is 4.79 Å². The van der Waals surface area contributed by atoms with E-state index in [0.717, 1.165) is 36.0 Å². The van der Waals surface area contributed by atoms with E-state index < -0.39 is 10.0 Å². The number of carbonyl (C=O) groups excluding carboxylic acids is 1. The number of sulfonamides is 1. The normalized spacial score (nSPS) is 16.5. The predicted molar refractivity (Wildman–Crippen MR) is 133 cm³/mol. The maximum Gasteiger partial charge on any atom is 0.279 e. The molecular weight excluding hydrogens is 454 g/mol. The first-order chi connectivity index (χ1) is 15.7. The van der Waals surface area contributed by atoms with Crippen molar-refractivity contribution in [3.05, 3.63) is 57.9 Å². The van der Waals surface area contributed by atoms with Gasteiger partial charge in [-0.1, -0.05) is 31.3 Å². The highest BCUT2D eigenvalue weighted by atomic mass is 32.2. The Morgan fingerprint density at radius 2 is 1.79 bits per heavy atom. The third-order valence-corrected chi connectivity index (χ3v) is 9.38. The number of amides is 1. The van der Waals surface area contributed by atoms with Crippen LogP contribution in [0.25, 0.3) is 10.2 Å². The number of fused-ring (bicyclic) bond motifs is 1. The minimum Gasteiger partial charge on any atom is -0.316 e. The van der Waals surface area contributed by atoms with Crippen LogP contribution in [0.5, 0.6) is 0 Å². The third-order valence-electron chi connectivity index (χ3n) is 6.24. The zero-order valence-electron chi connectivity index (χ0n) is 19.7. The molecule has 1 aromatic heterocycles. The molecule has 0 aliphatic carbocycles. The Balaban J connectivity index is 1.65. The van der Waals surface area contributed by atoms with Gasteiger partial charge < -0.3 is 4.57 Å². The van der Waals surface area contributed by atoms with Gasteiger partial charge in [-0.15, -0.1) is 0 Å². The maximum absolute atomic E-state index is 13.0. The molecular formula is C25H31N3O3S2. The van der Waals surface area contributed by atoms with Crippen molar-refractivity contribution in [1.29, 1.82) is 0 Å². The van der Waals surface area contributed by atoms with Gasteiger partial charge >= 0.3 is 0 Å². The van der Waals surface area contributed by atoms with E-state index in [0.29, 0.717) is 29.4 Å². The minimum absolute atomic E-state index is 0.225. The molecule has 1 fully saturated rings. The van der Waals surface area contributed by atoms with E-state index in [2.05, 4.69) is 49.4 Å². The molecule has 0 unspecified atom stereocenters. The molecule has 8 heteroatoms. The number of carbonyl (C=O) groups is 1. The summed E-state index contributed by atoms with van der Waals surface area (Å²) in [7, 11) is -3.54. The maximum atomic E-state index is 13.0. The van der Waals surface area contributed by atoms with E-state index in [9.17, 15) is 13.2 Å². The van der Waals surface area contributed by atoms with Crippen LogP contribution in [-0.2, 0) is 16.6 Å². The van der Waals surface area contributed by atoms with Crippen molar-refractivity contribution >= 4 is 37.5 Å².